The Labute approximate surface area is 351 Å². The fraction of sp³-hybridized carbons (Fsp3) is 0.815. The first-order valence-electron chi connectivity index (χ1n) is 24.8. The lowest BCUT2D eigenvalue weighted by atomic mass is 9.67. The van der Waals surface area contributed by atoms with Crippen LogP contribution in [0.25, 0.3) is 5.57 Å². The highest BCUT2D eigenvalue weighted by Gasteiger charge is 2.59. The van der Waals surface area contributed by atoms with Crippen LogP contribution in [0.2, 0.25) is 18.6 Å². The molecule has 4 aliphatic rings. The van der Waals surface area contributed by atoms with Crippen molar-refractivity contribution in [3.05, 3.63) is 52.1 Å². The zero-order valence-electron chi connectivity index (χ0n) is 40.0. The molecular weight excluding hydrogens is 691 g/mol. The topological polar surface area (TPSA) is 3.24 Å². The van der Waals surface area contributed by atoms with Crippen molar-refractivity contribution in [2.45, 2.75) is 253 Å². The highest BCUT2D eigenvalue weighted by atomic mass is 28.3. The van der Waals surface area contributed by atoms with Crippen molar-refractivity contribution >= 4 is 13.8 Å². The summed E-state index contributed by atoms with van der Waals surface area (Å²) in [6.45, 7) is 35.5. The first-order chi connectivity index (χ1) is 26.4. The second kappa shape index (κ2) is 18.6. The maximum absolute atomic E-state index is 3.03. The minimum Gasteiger partial charge on any atom is -0.314 e. The number of nitrogens with zero attached hydrogens (tertiary/aromatic N) is 1. The Morgan fingerprint density at radius 3 is 1.59 bits per heavy atom. The van der Waals surface area contributed by atoms with E-state index in [9.17, 15) is 0 Å². The van der Waals surface area contributed by atoms with Gasteiger partial charge in [0, 0.05) is 16.5 Å². The molecule has 0 aliphatic heterocycles. The van der Waals surface area contributed by atoms with Gasteiger partial charge in [0.1, 0.15) is 8.24 Å². The second-order valence-corrected chi connectivity index (χ2v) is 27.6. The Morgan fingerprint density at radius 1 is 0.607 bits per heavy atom. The van der Waals surface area contributed by atoms with E-state index in [1.54, 1.807) is 33.4 Å². The number of allylic oxidation sites excluding steroid dienone is 4. The summed E-state index contributed by atoms with van der Waals surface area (Å²) in [5.74, 6) is 2.74. The van der Waals surface area contributed by atoms with Gasteiger partial charge in [-0.3, -0.25) is 0 Å². The third kappa shape index (κ3) is 9.58. The van der Waals surface area contributed by atoms with Crippen LogP contribution >= 0.6 is 0 Å². The molecule has 56 heavy (non-hydrogen) atoms. The third-order valence-corrected chi connectivity index (χ3v) is 21.1. The lowest BCUT2D eigenvalue weighted by molar-refractivity contribution is 0.121. The zero-order valence-corrected chi connectivity index (χ0v) is 41.0. The van der Waals surface area contributed by atoms with E-state index in [-0.39, 0.29) is 16.5 Å². The maximum atomic E-state index is 3.03. The highest BCUT2D eigenvalue weighted by molar-refractivity contribution is 6.76. The predicted octanol–water partition coefficient (Wildman–Crippen LogP) is 16.8. The van der Waals surface area contributed by atoms with Crippen LogP contribution in [-0.4, -0.2) is 23.9 Å². The van der Waals surface area contributed by atoms with Gasteiger partial charge in [-0.25, -0.2) is 0 Å². The number of unbranched alkanes of at least 4 members (excludes halogenated alkanes) is 13. The fourth-order valence-corrected chi connectivity index (χ4v) is 20.9. The van der Waals surface area contributed by atoms with E-state index in [0.717, 1.165) is 11.5 Å². The van der Waals surface area contributed by atoms with Crippen molar-refractivity contribution in [3.8, 4) is 0 Å². The van der Waals surface area contributed by atoms with Crippen LogP contribution in [0.3, 0.4) is 0 Å². The van der Waals surface area contributed by atoms with Crippen LogP contribution in [0, 0.1) is 29.1 Å². The van der Waals surface area contributed by atoms with E-state index in [2.05, 4.69) is 125 Å². The van der Waals surface area contributed by atoms with E-state index in [4.69, 9.17) is 0 Å². The number of rotatable bonds is 21. The van der Waals surface area contributed by atoms with Gasteiger partial charge in [-0.15, -0.1) is 0 Å². The summed E-state index contributed by atoms with van der Waals surface area (Å²) in [6.07, 6.45) is 35.0. The molecule has 5 rings (SSSR count). The van der Waals surface area contributed by atoms with Crippen molar-refractivity contribution < 1.29 is 0 Å². The molecule has 0 spiro atoms. The van der Waals surface area contributed by atoms with Gasteiger partial charge in [-0.2, -0.15) is 0 Å². The van der Waals surface area contributed by atoms with E-state index >= 15 is 0 Å². The van der Waals surface area contributed by atoms with Gasteiger partial charge in [0.25, 0.3) is 0 Å². The van der Waals surface area contributed by atoms with Gasteiger partial charge < -0.3 is 4.57 Å². The lowest BCUT2D eigenvalue weighted by Gasteiger charge is -2.57. The molecule has 1 nitrogen and oxygen atoms in total. The van der Waals surface area contributed by atoms with Crippen molar-refractivity contribution in [3.63, 3.8) is 0 Å². The normalized spacial score (nSPS) is 26.9. The Balaban J connectivity index is 1.41. The number of fused-ring (bicyclic) bond motifs is 5. The number of hydrogen-bond acceptors (Lipinski definition) is 1. The lowest BCUT2D eigenvalue weighted by Crippen LogP contribution is -2.67. The van der Waals surface area contributed by atoms with Crippen molar-refractivity contribution in [1.29, 1.82) is 0 Å². The molecular formula is C54H93NSi. The monoisotopic (exact) mass is 784 g/mol. The predicted molar refractivity (Wildman–Crippen MR) is 252 cm³/mol. The van der Waals surface area contributed by atoms with Gasteiger partial charge in [-0.1, -0.05) is 182 Å². The van der Waals surface area contributed by atoms with E-state index in [1.165, 1.54) is 135 Å². The quantitative estimate of drug-likeness (QED) is 0.0887. The summed E-state index contributed by atoms with van der Waals surface area (Å²) < 4.78 is 3.03. The second-order valence-electron chi connectivity index (χ2n) is 23.1. The molecule has 6 unspecified atom stereocenters. The Hall–Kier alpha value is -1.12. The van der Waals surface area contributed by atoms with Crippen LogP contribution in [0.4, 0.5) is 0 Å². The molecule has 6 atom stereocenters. The first-order valence-corrected chi connectivity index (χ1v) is 27.8. The number of benzene rings is 1. The van der Waals surface area contributed by atoms with Crippen molar-refractivity contribution in [2.24, 2.45) is 29.1 Å². The summed E-state index contributed by atoms with van der Waals surface area (Å²) in [5, 5.41) is 0. The molecule has 0 N–H and O–H groups in total. The molecule has 1 aromatic rings. The molecule has 0 saturated heterocycles. The van der Waals surface area contributed by atoms with Gasteiger partial charge >= 0.3 is 0 Å². The smallest absolute Gasteiger partial charge is 0.127 e. The van der Waals surface area contributed by atoms with Crippen LogP contribution < -0.4 is 0 Å². The molecule has 4 aliphatic carbocycles. The van der Waals surface area contributed by atoms with Gasteiger partial charge in [0.05, 0.1) is 0 Å². The summed E-state index contributed by atoms with van der Waals surface area (Å²) in [5.41, 5.74) is 11.9. The van der Waals surface area contributed by atoms with Gasteiger partial charge in [0.2, 0.25) is 0 Å². The van der Waals surface area contributed by atoms with Gasteiger partial charge in [0.15, 0.2) is 0 Å². The van der Waals surface area contributed by atoms with Crippen LogP contribution in [0.5, 0.6) is 0 Å². The molecule has 0 amide bonds. The largest absolute Gasteiger partial charge is 0.314 e. The standard InChI is InChI=1S/C54H93NSi/c1-15-18-21-22-23-24-25-26-27-28-29-30-31-53(12)38-42-34-45-46-36-47-44(40(4)41(5)50(47)56(13,14)55(51(6,7)8)52(9,10)11)37-49(46)54(32-19-16-2,33-20-17-3)48(45)35-43(42)39-53/h34-37,40-41,44,47,50H,15-33,38-39H2,1-14H3. The molecule has 1 aromatic carbocycles. The third-order valence-electron chi connectivity index (χ3n) is 16.0. The first kappa shape index (κ1) is 46.0. The number of hydrogen-bond donors (Lipinski definition) is 0. The molecule has 318 valence electrons. The molecule has 0 aromatic heterocycles. The Morgan fingerprint density at radius 2 is 1.09 bits per heavy atom. The fourth-order valence-electron chi connectivity index (χ4n) is 14.3. The Kier molecular flexibility index (Phi) is 15.3. The van der Waals surface area contributed by atoms with Crippen LogP contribution in [-0.2, 0) is 18.3 Å². The van der Waals surface area contributed by atoms with Crippen LogP contribution in [0.15, 0.2) is 29.9 Å². The molecule has 1 fully saturated rings. The van der Waals surface area contributed by atoms with Crippen LogP contribution in [0.1, 0.15) is 227 Å². The molecule has 0 radical (unpaired) electrons. The summed E-state index contributed by atoms with van der Waals surface area (Å²) >= 11 is 0. The maximum Gasteiger partial charge on any atom is 0.127 e. The highest BCUT2D eigenvalue weighted by Crippen LogP contribution is 2.65. The van der Waals surface area contributed by atoms with Crippen molar-refractivity contribution in [1.82, 2.24) is 4.57 Å². The minimum absolute atomic E-state index is 0.147. The van der Waals surface area contributed by atoms with Gasteiger partial charge in [-0.05, 0) is 142 Å². The van der Waals surface area contributed by atoms with Crippen molar-refractivity contribution in [2.75, 3.05) is 0 Å². The summed E-state index contributed by atoms with van der Waals surface area (Å²) in [6, 6.07) is 5.61. The SMILES string of the molecule is CCCCCCCCCCCCCCC1(C)Cc2cc3c(cc2C1)C(CCCC)(CCCC)C1=CC2C(C)C(C)C([Si](C)(C)N(C(C)(C)C)C(C)(C)C)C2C=C13. The van der Waals surface area contributed by atoms with E-state index < -0.39 is 8.24 Å². The average Bonchev–Trinajstić information content (AvgIpc) is 3.66. The van der Waals surface area contributed by atoms with E-state index in [0.29, 0.717) is 23.2 Å². The average molecular weight is 784 g/mol. The van der Waals surface area contributed by atoms with E-state index in [1.807, 2.05) is 0 Å². The molecule has 0 bridgehead atoms. The molecule has 0 heterocycles. The molecule has 1 saturated carbocycles. The summed E-state index contributed by atoms with van der Waals surface area (Å²) in [7, 11) is -1.91. The minimum atomic E-state index is -1.91. The Bertz CT molecular complexity index is 1470. The molecule has 2 heteroatoms. The zero-order chi connectivity index (χ0) is 41.1. The summed E-state index contributed by atoms with van der Waals surface area (Å²) in [4.78, 5) is 0.